The molecule has 0 saturated carbocycles. The standard InChI is InChI=1S/C16H23N5/c1-3-17-16(18-4-2)20-12-15-19-10-11-21(15)13-14-8-6-5-7-9-14/h5-11H,3-4,12-13H2,1-2H3,(H2,17,18,20). The van der Waals surface area contributed by atoms with Gasteiger partial charge in [0, 0.05) is 32.0 Å². The van der Waals surface area contributed by atoms with Crippen LogP contribution in [0, 0.1) is 0 Å². The Balaban J connectivity index is 2.04. The monoisotopic (exact) mass is 285 g/mol. The van der Waals surface area contributed by atoms with Gasteiger partial charge in [0.1, 0.15) is 12.4 Å². The number of nitrogens with zero attached hydrogens (tertiary/aromatic N) is 3. The van der Waals surface area contributed by atoms with Crippen molar-refractivity contribution in [3.05, 3.63) is 54.1 Å². The highest BCUT2D eigenvalue weighted by atomic mass is 15.2. The maximum Gasteiger partial charge on any atom is 0.191 e. The number of aliphatic imine (C=N–C) groups is 1. The number of aromatic nitrogens is 2. The number of imidazole rings is 1. The quantitative estimate of drug-likeness (QED) is 0.630. The first-order chi connectivity index (χ1) is 10.3. The van der Waals surface area contributed by atoms with Gasteiger partial charge in [-0.05, 0) is 19.4 Å². The van der Waals surface area contributed by atoms with Gasteiger partial charge in [0.15, 0.2) is 5.96 Å². The molecule has 5 nitrogen and oxygen atoms in total. The zero-order chi connectivity index (χ0) is 14.9. The Bertz CT molecular complexity index is 551. The Morgan fingerprint density at radius 2 is 1.86 bits per heavy atom. The fourth-order valence-electron chi connectivity index (χ4n) is 2.07. The molecule has 0 aliphatic heterocycles. The van der Waals surface area contributed by atoms with Gasteiger partial charge in [0.2, 0.25) is 0 Å². The van der Waals surface area contributed by atoms with Crippen LogP contribution in [-0.2, 0) is 13.1 Å². The molecule has 0 amide bonds. The van der Waals surface area contributed by atoms with Crippen LogP contribution in [0.2, 0.25) is 0 Å². The van der Waals surface area contributed by atoms with E-state index in [9.17, 15) is 0 Å². The van der Waals surface area contributed by atoms with Gasteiger partial charge in [0.05, 0.1) is 0 Å². The van der Waals surface area contributed by atoms with E-state index in [4.69, 9.17) is 0 Å². The maximum atomic E-state index is 4.56. The Morgan fingerprint density at radius 1 is 1.14 bits per heavy atom. The Hall–Kier alpha value is -2.30. The van der Waals surface area contributed by atoms with E-state index in [1.54, 1.807) is 0 Å². The SMILES string of the molecule is CCNC(=NCc1nccn1Cc1ccccc1)NCC. The molecule has 0 radical (unpaired) electrons. The van der Waals surface area contributed by atoms with Crippen LogP contribution in [0.15, 0.2) is 47.7 Å². The average Bonchev–Trinajstić information content (AvgIpc) is 2.93. The summed E-state index contributed by atoms with van der Waals surface area (Å²) >= 11 is 0. The molecule has 2 aromatic rings. The summed E-state index contributed by atoms with van der Waals surface area (Å²) in [6, 6.07) is 10.4. The topological polar surface area (TPSA) is 54.2 Å². The van der Waals surface area contributed by atoms with Gasteiger partial charge >= 0.3 is 0 Å². The third-order valence-electron chi connectivity index (χ3n) is 3.06. The van der Waals surface area contributed by atoms with Crippen molar-refractivity contribution in [2.45, 2.75) is 26.9 Å². The molecular weight excluding hydrogens is 262 g/mol. The maximum absolute atomic E-state index is 4.56. The molecule has 5 heteroatoms. The van der Waals surface area contributed by atoms with Crippen LogP contribution in [0.4, 0.5) is 0 Å². The molecule has 2 rings (SSSR count). The third kappa shape index (κ3) is 4.63. The van der Waals surface area contributed by atoms with Crippen molar-refractivity contribution < 1.29 is 0 Å². The van der Waals surface area contributed by atoms with E-state index in [1.165, 1.54) is 5.56 Å². The normalized spacial score (nSPS) is 10.2. The molecule has 1 heterocycles. The molecule has 0 aliphatic carbocycles. The average molecular weight is 285 g/mol. The highest BCUT2D eigenvalue weighted by Crippen LogP contribution is 2.06. The molecule has 21 heavy (non-hydrogen) atoms. The van der Waals surface area contributed by atoms with E-state index < -0.39 is 0 Å². The first-order valence-corrected chi connectivity index (χ1v) is 7.39. The molecule has 0 fully saturated rings. The Labute approximate surface area is 126 Å². The second-order valence-electron chi connectivity index (χ2n) is 4.68. The molecule has 0 aliphatic rings. The molecule has 0 atom stereocenters. The first kappa shape index (κ1) is 15.1. The predicted octanol–water partition coefficient (Wildman–Crippen LogP) is 2.01. The number of nitrogens with one attached hydrogen (secondary N) is 2. The smallest absolute Gasteiger partial charge is 0.191 e. The van der Waals surface area contributed by atoms with Crippen LogP contribution in [0.1, 0.15) is 25.2 Å². The molecule has 0 saturated heterocycles. The zero-order valence-corrected chi connectivity index (χ0v) is 12.7. The van der Waals surface area contributed by atoms with Crippen molar-refractivity contribution in [1.82, 2.24) is 20.2 Å². The van der Waals surface area contributed by atoms with Crippen molar-refractivity contribution >= 4 is 5.96 Å². The van der Waals surface area contributed by atoms with Crippen LogP contribution in [0.25, 0.3) is 0 Å². The van der Waals surface area contributed by atoms with Crippen molar-refractivity contribution in [3.8, 4) is 0 Å². The van der Waals surface area contributed by atoms with Crippen LogP contribution in [0.5, 0.6) is 0 Å². The van der Waals surface area contributed by atoms with E-state index in [0.29, 0.717) is 6.54 Å². The summed E-state index contributed by atoms with van der Waals surface area (Å²) in [5.41, 5.74) is 1.26. The van der Waals surface area contributed by atoms with Crippen molar-refractivity contribution in [1.29, 1.82) is 0 Å². The molecule has 0 bridgehead atoms. The summed E-state index contributed by atoms with van der Waals surface area (Å²) in [6.45, 7) is 7.21. The number of hydrogen-bond acceptors (Lipinski definition) is 2. The summed E-state index contributed by atoms with van der Waals surface area (Å²) in [6.07, 6.45) is 3.83. The lowest BCUT2D eigenvalue weighted by atomic mass is 10.2. The van der Waals surface area contributed by atoms with Crippen LogP contribution in [-0.4, -0.2) is 28.6 Å². The predicted molar refractivity (Wildman–Crippen MR) is 86.3 cm³/mol. The summed E-state index contributed by atoms with van der Waals surface area (Å²) < 4.78 is 2.13. The number of hydrogen-bond donors (Lipinski definition) is 2. The lowest BCUT2D eigenvalue weighted by Crippen LogP contribution is -2.37. The summed E-state index contributed by atoms with van der Waals surface area (Å²) in [5.74, 6) is 1.79. The van der Waals surface area contributed by atoms with E-state index >= 15 is 0 Å². The van der Waals surface area contributed by atoms with E-state index in [1.807, 2.05) is 18.5 Å². The third-order valence-corrected chi connectivity index (χ3v) is 3.06. The number of guanidine groups is 1. The molecule has 0 spiro atoms. The van der Waals surface area contributed by atoms with Crippen LogP contribution >= 0.6 is 0 Å². The molecule has 1 aromatic heterocycles. The van der Waals surface area contributed by atoms with Crippen molar-refractivity contribution in [3.63, 3.8) is 0 Å². The zero-order valence-electron chi connectivity index (χ0n) is 12.7. The minimum absolute atomic E-state index is 0.565. The minimum atomic E-state index is 0.565. The Kier molecular flexibility index (Phi) is 5.82. The first-order valence-electron chi connectivity index (χ1n) is 7.39. The molecule has 0 unspecified atom stereocenters. The number of benzene rings is 1. The van der Waals surface area contributed by atoms with Gasteiger partial charge in [-0.25, -0.2) is 9.98 Å². The van der Waals surface area contributed by atoms with Crippen molar-refractivity contribution in [2.24, 2.45) is 4.99 Å². The summed E-state index contributed by atoms with van der Waals surface area (Å²) in [5, 5.41) is 6.43. The Morgan fingerprint density at radius 3 is 2.52 bits per heavy atom. The van der Waals surface area contributed by atoms with Crippen LogP contribution < -0.4 is 10.6 Å². The second-order valence-corrected chi connectivity index (χ2v) is 4.68. The molecule has 1 aromatic carbocycles. The summed E-state index contributed by atoms with van der Waals surface area (Å²) in [4.78, 5) is 8.96. The minimum Gasteiger partial charge on any atom is -0.357 e. The van der Waals surface area contributed by atoms with Gasteiger partial charge in [-0.3, -0.25) is 0 Å². The highest BCUT2D eigenvalue weighted by molar-refractivity contribution is 5.79. The van der Waals surface area contributed by atoms with E-state index in [0.717, 1.165) is 31.4 Å². The van der Waals surface area contributed by atoms with E-state index in [2.05, 4.69) is 63.3 Å². The van der Waals surface area contributed by atoms with Crippen LogP contribution in [0.3, 0.4) is 0 Å². The molecular formula is C16H23N5. The van der Waals surface area contributed by atoms with Gasteiger partial charge in [0.25, 0.3) is 0 Å². The highest BCUT2D eigenvalue weighted by Gasteiger charge is 2.03. The molecule has 112 valence electrons. The van der Waals surface area contributed by atoms with Gasteiger partial charge in [-0.1, -0.05) is 30.3 Å². The second kappa shape index (κ2) is 8.09. The van der Waals surface area contributed by atoms with Gasteiger partial charge < -0.3 is 15.2 Å². The number of rotatable bonds is 6. The largest absolute Gasteiger partial charge is 0.357 e. The van der Waals surface area contributed by atoms with E-state index in [-0.39, 0.29) is 0 Å². The fraction of sp³-hybridized carbons (Fsp3) is 0.375. The fourth-order valence-corrected chi connectivity index (χ4v) is 2.07. The molecule has 2 N–H and O–H groups in total. The summed E-state index contributed by atoms with van der Waals surface area (Å²) in [7, 11) is 0. The lowest BCUT2D eigenvalue weighted by Gasteiger charge is -2.10. The van der Waals surface area contributed by atoms with Gasteiger partial charge in [-0.15, -0.1) is 0 Å². The van der Waals surface area contributed by atoms with Crippen molar-refractivity contribution in [2.75, 3.05) is 13.1 Å². The van der Waals surface area contributed by atoms with Gasteiger partial charge in [-0.2, -0.15) is 0 Å². The lowest BCUT2D eigenvalue weighted by molar-refractivity contribution is 0.718.